The molecule has 0 amide bonds. The van der Waals surface area contributed by atoms with Crippen LogP contribution in [0.3, 0.4) is 0 Å². The van der Waals surface area contributed by atoms with Gasteiger partial charge in [-0.15, -0.1) is 0 Å². The summed E-state index contributed by atoms with van der Waals surface area (Å²) in [6, 6.07) is 8.15. The van der Waals surface area contributed by atoms with Gasteiger partial charge in [-0.3, -0.25) is 5.41 Å². The summed E-state index contributed by atoms with van der Waals surface area (Å²) in [4.78, 5) is -0.304. The molecular weight excluding hydrogens is 216 g/mol. The Labute approximate surface area is 85.7 Å². The van der Waals surface area contributed by atoms with Crippen molar-refractivity contribution in [3.8, 4) is 0 Å². The maximum atomic E-state index is 11.1. The number of sulfonamides is 1. The molecule has 5 nitrogen and oxygen atoms in total. The number of hydrogen-bond donors (Lipinski definition) is 2. The maximum Gasteiger partial charge on any atom is 0.243 e. The second kappa shape index (κ2) is 3.18. The third kappa shape index (κ3) is 1.77. The van der Waals surface area contributed by atoms with E-state index in [2.05, 4.69) is 0 Å². The van der Waals surface area contributed by atoms with Crippen molar-refractivity contribution in [3.63, 3.8) is 0 Å². The van der Waals surface area contributed by atoms with Crippen molar-refractivity contribution in [2.24, 2.45) is 5.14 Å². The highest BCUT2D eigenvalue weighted by molar-refractivity contribution is 7.89. The molecule has 0 spiro atoms. The van der Waals surface area contributed by atoms with Crippen molar-refractivity contribution in [2.75, 3.05) is 0 Å². The molecule has 1 aromatic carbocycles. The maximum absolute atomic E-state index is 11.1. The first kappa shape index (κ1) is 9.88. The Morgan fingerprint density at radius 1 is 1.27 bits per heavy atom. The summed E-state index contributed by atoms with van der Waals surface area (Å²) < 4.78 is 27.2. The minimum atomic E-state index is -3.91. The minimum absolute atomic E-state index is 0.304. The number of nitrogens with two attached hydrogens (primary N) is 1. The lowest BCUT2D eigenvalue weighted by Crippen LogP contribution is -2.20. The Bertz CT molecular complexity index is 673. The predicted octanol–water partition coefficient (Wildman–Crippen LogP) is 0.560. The molecule has 3 N–H and O–H groups in total. The summed E-state index contributed by atoms with van der Waals surface area (Å²) >= 11 is 0. The summed E-state index contributed by atoms with van der Waals surface area (Å²) in [7, 11) is -3.91. The molecule has 6 heteroatoms. The lowest BCUT2D eigenvalue weighted by Gasteiger charge is -2.00. The van der Waals surface area contributed by atoms with E-state index >= 15 is 0 Å². The zero-order valence-electron chi connectivity index (χ0n) is 7.60. The van der Waals surface area contributed by atoms with Gasteiger partial charge in [0, 0.05) is 5.39 Å². The van der Waals surface area contributed by atoms with E-state index in [9.17, 15) is 8.42 Å². The normalized spacial score (nSPS) is 11.8. The Balaban J connectivity index is 2.91. The number of hydrogen-bond acceptors (Lipinski definition) is 4. The molecule has 0 aliphatic heterocycles. The van der Waals surface area contributed by atoms with Crippen LogP contribution in [0.1, 0.15) is 0 Å². The second-order valence-corrected chi connectivity index (χ2v) is 4.55. The predicted molar refractivity (Wildman–Crippen MR) is 53.4 cm³/mol. The Hall–Kier alpha value is -1.66. The van der Waals surface area contributed by atoms with E-state index in [1.54, 1.807) is 24.3 Å². The van der Waals surface area contributed by atoms with E-state index in [0.29, 0.717) is 11.0 Å². The number of primary sulfonamides is 1. The summed E-state index contributed by atoms with van der Waals surface area (Å²) in [5.74, 6) is 0. The highest BCUT2D eigenvalue weighted by Crippen LogP contribution is 2.14. The standard InChI is InChI=1S/C9H8N2O3S/c10-9-8(15(11,12)13)5-6-3-1-2-4-7(6)14-9/h1-5,10H,(H2,11,12,13). The smallest absolute Gasteiger partial charge is 0.243 e. The second-order valence-electron chi connectivity index (χ2n) is 3.02. The van der Waals surface area contributed by atoms with Crippen molar-refractivity contribution in [3.05, 3.63) is 35.9 Å². The van der Waals surface area contributed by atoms with Crippen LogP contribution in [0.2, 0.25) is 0 Å². The molecule has 0 aliphatic carbocycles. The fraction of sp³-hybridized carbons (Fsp3) is 0. The van der Waals surface area contributed by atoms with Gasteiger partial charge >= 0.3 is 0 Å². The first-order valence-corrected chi connectivity index (χ1v) is 5.63. The monoisotopic (exact) mass is 224 g/mol. The highest BCUT2D eigenvalue weighted by atomic mass is 32.2. The van der Waals surface area contributed by atoms with E-state index < -0.39 is 15.6 Å². The summed E-state index contributed by atoms with van der Waals surface area (Å²) in [5, 5.41) is 12.9. The third-order valence-corrected chi connectivity index (χ3v) is 2.86. The van der Waals surface area contributed by atoms with Gasteiger partial charge in [0.15, 0.2) is 0 Å². The van der Waals surface area contributed by atoms with Crippen molar-refractivity contribution in [1.82, 2.24) is 0 Å². The Morgan fingerprint density at radius 3 is 2.60 bits per heavy atom. The van der Waals surface area contributed by atoms with Gasteiger partial charge in [0.05, 0.1) is 0 Å². The Kier molecular flexibility index (Phi) is 2.09. The molecule has 0 aliphatic rings. The first-order valence-electron chi connectivity index (χ1n) is 4.09. The molecule has 0 saturated carbocycles. The lowest BCUT2D eigenvalue weighted by atomic mass is 10.2. The van der Waals surface area contributed by atoms with Crippen LogP contribution in [0, 0.1) is 5.41 Å². The van der Waals surface area contributed by atoms with E-state index in [1.807, 2.05) is 0 Å². The van der Waals surface area contributed by atoms with Gasteiger partial charge in [-0.1, -0.05) is 18.2 Å². The molecule has 0 fully saturated rings. The van der Waals surface area contributed by atoms with E-state index in [1.165, 1.54) is 6.07 Å². The zero-order valence-corrected chi connectivity index (χ0v) is 8.41. The number of rotatable bonds is 1. The zero-order chi connectivity index (χ0) is 11.1. The summed E-state index contributed by atoms with van der Waals surface area (Å²) in [6.45, 7) is 0. The molecule has 2 aromatic rings. The summed E-state index contributed by atoms with van der Waals surface area (Å²) in [5.41, 5.74) is 0.00565. The van der Waals surface area contributed by atoms with Crippen LogP contribution in [-0.4, -0.2) is 8.42 Å². The third-order valence-electron chi connectivity index (χ3n) is 1.95. The molecular formula is C9H8N2O3S. The fourth-order valence-corrected chi connectivity index (χ4v) is 1.86. The molecule has 15 heavy (non-hydrogen) atoms. The molecule has 0 radical (unpaired) electrons. The Morgan fingerprint density at radius 2 is 1.93 bits per heavy atom. The molecule has 0 unspecified atom stereocenters. The van der Waals surface area contributed by atoms with E-state index in [4.69, 9.17) is 15.0 Å². The van der Waals surface area contributed by atoms with Gasteiger partial charge in [0.2, 0.25) is 15.6 Å². The number of benzene rings is 1. The number of nitrogens with one attached hydrogen (secondary N) is 1. The van der Waals surface area contributed by atoms with Crippen LogP contribution in [0.4, 0.5) is 0 Å². The van der Waals surface area contributed by atoms with Gasteiger partial charge in [-0.2, -0.15) is 0 Å². The molecule has 0 bridgehead atoms. The largest absolute Gasteiger partial charge is 0.438 e. The van der Waals surface area contributed by atoms with Gasteiger partial charge in [0.1, 0.15) is 10.5 Å². The van der Waals surface area contributed by atoms with Crippen molar-refractivity contribution >= 4 is 21.0 Å². The quantitative estimate of drug-likeness (QED) is 0.740. The van der Waals surface area contributed by atoms with Gasteiger partial charge in [0.25, 0.3) is 0 Å². The van der Waals surface area contributed by atoms with Crippen molar-refractivity contribution in [1.29, 1.82) is 5.41 Å². The van der Waals surface area contributed by atoms with Crippen molar-refractivity contribution in [2.45, 2.75) is 4.90 Å². The molecule has 0 saturated heterocycles. The van der Waals surface area contributed by atoms with Crippen LogP contribution in [0.5, 0.6) is 0 Å². The van der Waals surface area contributed by atoms with E-state index in [0.717, 1.165) is 0 Å². The first-order chi connectivity index (χ1) is 6.98. The average molecular weight is 224 g/mol. The average Bonchev–Trinajstić information content (AvgIpc) is 2.15. The summed E-state index contributed by atoms with van der Waals surface area (Å²) in [6.07, 6.45) is 0. The topological polar surface area (TPSA) is 97.2 Å². The van der Waals surface area contributed by atoms with Gasteiger partial charge < -0.3 is 4.42 Å². The van der Waals surface area contributed by atoms with Gasteiger partial charge in [-0.25, -0.2) is 13.6 Å². The van der Waals surface area contributed by atoms with Crippen LogP contribution < -0.4 is 10.7 Å². The van der Waals surface area contributed by atoms with Gasteiger partial charge in [-0.05, 0) is 12.1 Å². The van der Waals surface area contributed by atoms with Crippen LogP contribution >= 0.6 is 0 Å². The molecule has 1 aromatic heterocycles. The fourth-order valence-electron chi connectivity index (χ4n) is 1.27. The SMILES string of the molecule is N=c1oc2ccccc2cc1S(N)(=O)=O. The molecule has 0 atom stereocenters. The van der Waals surface area contributed by atoms with Crippen LogP contribution in [0.15, 0.2) is 39.6 Å². The highest BCUT2D eigenvalue weighted by Gasteiger charge is 2.13. The molecule has 78 valence electrons. The lowest BCUT2D eigenvalue weighted by molar-refractivity contribution is 0.506. The molecule has 2 rings (SSSR count). The van der Waals surface area contributed by atoms with E-state index in [-0.39, 0.29) is 4.90 Å². The van der Waals surface area contributed by atoms with Crippen LogP contribution in [0.25, 0.3) is 11.0 Å². The van der Waals surface area contributed by atoms with Crippen molar-refractivity contribution < 1.29 is 12.8 Å². The van der Waals surface area contributed by atoms with Crippen LogP contribution in [-0.2, 0) is 10.0 Å². The molecule has 1 heterocycles. The number of fused-ring (bicyclic) bond motifs is 1. The minimum Gasteiger partial charge on any atom is -0.438 e. The number of para-hydroxylation sites is 1.